The van der Waals surface area contributed by atoms with Gasteiger partial charge in [0, 0.05) is 11.3 Å². The molecular formula is C16H22O3. The molecule has 104 valence electrons. The number of methoxy groups -OCH3 is 1. The molecule has 0 heterocycles. The molecule has 4 unspecified atom stereocenters. The topological polar surface area (TPSA) is 43.4 Å². The minimum Gasteiger partial charge on any atom is -0.469 e. The normalized spacial score (nSPS) is 37.9. The molecule has 0 radical (unpaired) electrons. The van der Waals surface area contributed by atoms with Gasteiger partial charge in [0.2, 0.25) is 0 Å². The predicted molar refractivity (Wildman–Crippen MR) is 73.4 cm³/mol. The molecule has 0 saturated heterocycles. The Kier molecular flexibility index (Phi) is 3.66. The summed E-state index contributed by atoms with van der Waals surface area (Å²) in [5, 5.41) is 0. The van der Waals surface area contributed by atoms with Crippen LogP contribution in [0.4, 0.5) is 0 Å². The van der Waals surface area contributed by atoms with Crippen LogP contribution < -0.4 is 0 Å². The van der Waals surface area contributed by atoms with Crippen molar-refractivity contribution < 1.29 is 14.3 Å². The highest BCUT2D eigenvalue weighted by Gasteiger charge is 2.53. The number of carbonyl (C=O) groups is 2. The van der Waals surface area contributed by atoms with Crippen molar-refractivity contribution in [2.45, 2.75) is 33.1 Å². The molecular weight excluding hydrogens is 240 g/mol. The lowest BCUT2D eigenvalue weighted by Crippen LogP contribution is -2.50. The van der Waals surface area contributed by atoms with E-state index >= 15 is 0 Å². The molecule has 1 fully saturated rings. The third kappa shape index (κ3) is 2.15. The quantitative estimate of drug-likeness (QED) is 0.567. The van der Waals surface area contributed by atoms with E-state index in [0.29, 0.717) is 11.8 Å². The van der Waals surface area contributed by atoms with E-state index in [1.165, 1.54) is 7.11 Å². The second-order valence-corrected chi connectivity index (χ2v) is 6.00. The lowest BCUT2D eigenvalue weighted by molar-refractivity contribution is -0.145. The van der Waals surface area contributed by atoms with Gasteiger partial charge < -0.3 is 4.74 Å². The first-order valence-corrected chi connectivity index (χ1v) is 6.88. The van der Waals surface area contributed by atoms with Crippen LogP contribution in [0.3, 0.4) is 0 Å². The molecule has 19 heavy (non-hydrogen) atoms. The van der Waals surface area contributed by atoms with Crippen LogP contribution in [0.5, 0.6) is 0 Å². The summed E-state index contributed by atoms with van der Waals surface area (Å²) in [7, 11) is 1.39. The van der Waals surface area contributed by atoms with Gasteiger partial charge in [0.05, 0.1) is 13.5 Å². The van der Waals surface area contributed by atoms with Gasteiger partial charge in [0.25, 0.3) is 0 Å². The van der Waals surface area contributed by atoms with Gasteiger partial charge in [-0.25, -0.2) is 0 Å². The van der Waals surface area contributed by atoms with Crippen LogP contribution in [0.2, 0.25) is 0 Å². The van der Waals surface area contributed by atoms with E-state index in [-0.39, 0.29) is 24.1 Å². The summed E-state index contributed by atoms with van der Waals surface area (Å²) in [6.07, 6.45) is 5.81. The fourth-order valence-electron chi connectivity index (χ4n) is 3.82. The van der Waals surface area contributed by atoms with Gasteiger partial charge in [0.15, 0.2) is 5.78 Å². The molecule has 0 aromatic heterocycles. The van der Waals surface area contributed by atoms with Gasteiger partial charge in [-0.15, -0.1) is 0 Å². The van der Waals surface area contributed by atoms with Crippen molar-refractivity contribution >= 4 is 11.8 Å². The molecule has 0 aromatic carbocycles. The molecule has 0 aromatic rings. The average Bonchev–Trinajstić information content (AvgIpc) is 2.38. The second kappa shape index (κ2) is 4.95. The summed E-state index contributed by atoms with van der Waals surface area (Å²) in [5.74, 6) is 0.438. The fraction of sp³-hybridized carbons (Fsp3) is 0.625. The molecule has 2 aliphatic carbocycles. The van der Waals surface area contributed by atoms with Gasteiger partial charge >= 0.3 is 5.97 Å². The number of esters is 1. The monoisotopic (exact) mass is 262 g/mol. The minimum absolute atomic E-state index is 0.0985. The number of hydrogen-bond donors (Lipinski definition) is 0. The molecule has 0 spiro atoms. The van der Waals surface area contributed by atoms with Crippen LogP contribution >= 0.6 is 0 Å². The maximum absolute atomic E-state index is 12.4. The standard InChI is InChI=1S/C16H22O3/c1-10-6-8-14(17)16(3)12(10)7-5-11(2)13(16)9-15(18)19-4/h6,8,10,12-13H,2,5,7,9H2,1,3-4H3. The van der Waals surface area contributed by atoms with Crippen molar-refractivity contribution in [1.82, 2.24) is 0 Å². The summed E-state index contributed by atoms with van der Waals surface area (Å²) < 4.78 is 4.78. The molecule has 0 bridgehead atoms. The van der Waals surface area contributed by atoms with E-state index in [4.69, 9.17) is 4.74 Å². The average molecular weight is 262 g/mol. The first-order valence-electron chi connectivity index (χ1n) is 6.88. The number of hydrogen-bond acceptors (Lipinski definition) is 3. The van der Waals surface area contributed by atoms with Gasteiger partial charge in [-0.1, -0.05) is 32.1 Å². The van der Waals surface area contributed by atoms with Crippen molar-refractivity contribution in [3.63, 3.8) is 0 Å². The van der Waals surface area contributed by atoms with Crippen molar-refractivity contribution in [2.75, 3.05) is 7.11 Å². The molecule has 3 nitrogen and oxygen atoms in total. The van der Waals surface area contributed by atoms with Crippen LogP contribution in [-0.4, -0.2) is 18.9 Å². The maximum atomic E-state index is 12.4. The van der Waals surface area contributed by atoms with Crippen molar-refractivity contribution in [1.29, 1.82) is 0 Å². The zero-order valence-electron chi connectivity index (χ0n) is 11.9. The molecule has 2 rings (SSSR count). The summed E-state index contributed by atoms with van der Waals surface area (Å²) in [6, 6.07) is 0. The second-order valence-electron chi connectivity index (χ2n) is 6.00. The number of carbonyl (C=O) groups excluding carboxylic acids is 2. The van der Waals surface area contributed by atoms with Gasteiger partial charge in [0.1, 0.15) is 0 Å². The molecule has 2 aliphatic rings. The minimum atomic E-state index is -0.502. The maximum Gasteiger partial charge on any atom is 0.306 e. The molecule has 3 heteroatoms. The number of ketones is 1. The highest BCUT2D eigenvalue weighted by molar-refractivity contribution is 5.97. The van der Waals surface area contributed by atoms with Gasteiger partial charge in [-0.2, -0.15) is 0 Å². The van der Waals surface area contributed by atoms with Crippen LogP contribution in [0.1, 0.15) is 33.1 Å². The van der Waals surface area contributed by atoms with Crippen LogP contribution in [0, 0.1) is 23.2 Å². The third-order valence-corrected chi connectivity index (χ3v) is 5.08. The summed E-state index contributed by atoms with van der Waals surface area (Å²) in [4.78, 5) is 24.1. The Morgan fingerprint density at radius 2 is 2.26 bits per heavy atom. The van der Waals surface area contributed by atoms with Crippen molar-refractivity contribution in [2.24, 2.45) is 23.2 Å². The third-order valence-electron chi connectivity index (χ3n) is 5.08. The van der Waals surface area contributed by atoms with E-state index in [9.17, 15) is 9.59 Å². The van der Waals surface area contributed by atoms with Crippen LogP contribution in [0.25, 0.3) is 0 Å². The van der Waals surface area contributed by atoms with E-state index in [2.05, 4.69) is 13.5 Å². The number of allylic oxidation sites excluding steroid dienone is 3. The van der Waals surface area contributed by atoms with Crippen molar-refractivity contribution in [3.8, 4) is 0 Å². The number of rotatable bonds is 2. The number of fused-ring (bicyclic) bond motifs is 1. The number of ether oxygens (including phenoxy) is 1. The summed E-state index contributed by atoms with van der Waals surface area (Å²) in [6.45, 7) is 8.24. The smallest absolute Gasteiger partial charge is 0.306 e. The highest BCUT2D eigenvalue weighted by atomic mass is 16.5. The Morgan fingerprint density at radius 3 is 2.89 bits per heavy atom. The first-order chi connectivity index (χ1) is 8.91. The lowest BCUT2D eigenvalue weighted by atomic mass is 9.52. The van der Waals surface area contributed by atoms with E-state index in [1.54, 1.807) is 6.08 Å². The predicted octanol–water partition coefficient (Wildman–Crippen LogP) is 2.91. The molecule has 1 saturated carbocycles. The first kappa shape index (κ1) is 14.0. The van der Waals surface area contributed by atoms with Crippen molar-refractivity contribution in [3.05, 3.63) is 24.3 Å². The largest absolute Gasteiger partial charge is 0.469 e. The SMILES string of the molecule is C=C1CCC2C(C)C=CC(=O)C2(C)C1CC(=O)OC. The Balaban J connectivity index is 2.39. The van der Waals surface area contributed by atoms with E-state index in [1.807, 2.05) is 13.0 Å². The molecule has 0 N–H and O–H groups in total. The molecule has 4 atom stereocenters. The zero-order chi connectivity index (χ0) is 14.2. The zero-order valence-corrected chi connectivity index (χ0v) is 11.9. The Hall–Kier alpha value is -1.38. The summed E-state index contributed by atoms with van der Waals surface area (Å²) >= 11 is 0. The Bertz CT molecular complexity index is 449. The Labute approximate surface area is 114 Å². The van der Waals surface area contributed by atoms with Crippen LogP contribution in [0.15, 0.2) is 24.3 Å². The highest BCUT2D eigenvalue weighted by Crippen LogP contribution is 2.54. The van der Waals surface area contributed by atoms with E-state index in [0.717, 1.165) is 18.4 Å². The Morgan fingerprint density at radius 1 is 1.58 bits per heavy atom. The van der Waals surface area contributed by atoms with Gasteiger partial charge in [-0.3, -0.25) is 9.59 Å². The van der Waals surface area contributed by atoms with Crippen LogP contribution in [-0.2, 0) is 14.3 Å². The lowest BCUT2D eigenvalue weighted by Gasteiger charge is -2.50. The van der Waals surface area contributed by atoms with E-state index < -0.39 is 5.41 Å². The van der Waals surface area contributed by atoms with Gasteiger partial charge in [-0.05, 0) is 30.8 Å². The molecule has 0 aliphatic heterocycles. The summed E-state index contributed by atoms with van der Waals surface area (Å²) in [5.41, 5.74) is 0.512. The molecule has 0 amide bonds. The fourth-order valence-corrected chi connectivity index (χ4v) is 3.82.